The Bertz CT molecular complexity index is 629. The van der Waals surface area contributed by atoms with Crippen molar-refractivity contribution in [3.63, 3.8) is 0 Å². The van der Waals surface area contributed by atoms with Gasteiger partial charge in [0, 0.05) is 32.2 Å². The van der Waals surface area contributed by atoms with E-state index in [-0.39, 0.29) is 11.3 Å². The molecule has 2 fully saturated rings. The Morgan fingerprint density at radius 3 is 2.54 bits per heavy atom. The maximum Gasteiger partial charge on any atom is 0.272 e. The highest BCUT2D eigenvalue weighted by Crippen LogP contribution is 2.48. The lowest BCUT2D eigenvalue weighted by Crippen LogP contribution is -2.41. The number of rotatable bonds is 6. The average molecular weight is 359 g/mol. The standard InChI is InChI=1S/C22H34N2O2/c1-16(2)14-22(10-5-11-22)20-17(3)6-7-19(23-20)21(25)24-12-8-18(9-13-24)15-26-4/h6-7,16,18H,5,8-15H2,1-4H3. The normalized spacial score (nSPS) is 20.3. The second kappa shape index (κ2) is 8.08. The van der Waals surface area contributed by atoms with Crippen LogP contribution in [0.3, 0.4) is 0 Å². The molecule has 3 rings (SSSR count). The molecule has 0 unspecified atom stereocenters. The largest absolute Gasteiger partial charge is 0.384 e. The minimum Gasteiger partial charge on any atom is -0.384 e. The number of amides is 1. The van der Waals surface area contributed by atoms with Crippen molar-refractivity contribution in [1.82, 2.24) is 9.88 Å². The van der Waals surface area contributed by atoms with Gasteiger partial charge in [-0.05, 0) is 62.5 Å². The van der Waals surface area contributed by atoms with E-state index >= 15 is 0 Å². The first kappa shape index (κ1) is 19.3. The Kier molecular flexibility index (Phi) is 6.01. The number of aromatic nitrogens is 1. The van der Waals surface area contributed by atoms with Gasteiger partial charge in [-0.1, -0.05) is 26.3 Å². The lowest BCUT2D eigenvalue weighted by Gasteiger charge is -2.44. The maximum atomic E-state index is 13.0. The molecule has 1 saturated carbocycles. The molecule has 1 aromatic rings. The van der Waals surface area contributed by atoms with Gasteiger partial charge in [-0.25, -0.2) is 4.98 Å². The molecule has 2 aliphatic rings. The molecule has 26 heavy (non-hydrogen) atoms. The number of carbonyl (C=O) groups is 1. The number of likely N-dealkylation sites (tertiary alicyclic amines) is 1. The van der Waals surface area contributed by atoms with Crippen molar-refractivity contribution >= 4 is 5.91 Å². The van der Waals surface area contributed by atoms with Gasteiger partial charge in [0.05, 0.1) is 5.69 Å². The summed E-state index contributed by atoms with van der Waals surface area (Å²) >= 11 is 0. The average Bonchev–Trinajstić information content (AvgIpc) is 2.59. The van der Waals surface area contributed by atoms with E-state index in [2.05, 4.69) is 26.8 Å². The van der Waals surface area contributed by atoms with Crippen molar-refractivity contribution in [2.24, 2.45) is 11.8 Å². The van der Waals surface area contributed by atoms with Crippen molar-refractivity contribution in [2.75, 3.05) is 26.8 Å². The molecule has 0 aromatic carbocycles. The van der Waals surface area contributed by atoms with Gasteiger partial charge in [-0.3, -0.25) is 4.79 Å². The maximum absolute atomic E-state index is 13.0. The summed E-state index contributed by atoms with van der Waals surface area (Å²) in [6.07, 6.45) is 6.91. The van der Waals surface area contributed by atoms with Gasteiger partial charge in [0.15, 0.2) is 0 Å². The number of piperidine rings is 1. The molecule has 0 N–H and O–H groups in total. The zero-order valence-corrected chi connectivity index (χ0v) is 16.9. The summed E-state index contributed by atoms with van der Waals surface area (Å²) in [5.74, 6) is 1.33. The second-order valence-corrected chi connectivity index (χ2v) is 8.78. The van der Waals surface area contributed by atoms with Crippen molar-refractivity contribution in [3.8, 4) is 0 Å². The molecule has 144 valence electrons. The van der Waals surface area contributed by atoms with Crippen LogP contribution in [0.15, 0.2) is 12.1 Å². The lowest BCUT2D eigenvalue weighted by molar-refractivity contribution is 0.0607. The van der Waals surface area contributed by atoms with Gasteiger partial charge in [-0.15, -0.1) is 0 Å². The van der Waals surface area contributed by atoms with E-state index in [1.807, 2.05) is 11.0 Å². The third-order valence-electron chi connectivity index (χ3n) is 6.23. The highest BCUT2D eigenvalue weighted by molar-refractivity contribution is 5.92. The summed E-state index contributed by atoms with van der Waals surface area (Å²) in [5, 5.41) is 0. The summed E-state index contributed by atoms with van der Waals surface area (Å²) in [7, 11) is 1.75. The smallest absolute Gasteiger partial charge is 0.272 e. The molecule has 1 aliphatic carbocycles. The van der Waals surface area contributed by atoms with E-state index in [1.165, 1.54) is 36.9 Å². The SMILES string of the molecule is COCC1CCN(C(=O)c2ccc(C)c(C3(CC(C)C)CCC3)n2)CC1. The van der Waals surface area contributed by atoms with Crippen molar-refractivity contribution < 1.29 is 9.53 Å². The van der Waals surface area contributed by atoms with Crippen LogP contribution in [0.2, 0.25) is 0 Å². The highest BCUT2D eigenvalue weighted by atomic mass is 16.5. The predicted octanol–water partition coefficient (Wildman–Crippen LogP) is 4.36. The zero-order valence-electron chi connectivity index (χ0n) is 16.9. The minimum atomic E-state index is 0.0983. The van der Waals surface area contributed by atoms with Crippen LogP contribution in [0.25, 0.3) is 0 Å². The fourth-order valence-electron chi connectivity index (χ4n) is 4.81. The molecule has 1 aromatic heterocycles. The van der Waals surface area contributed by atoms with E-state index in [0.29, 0.717) is 17.5 Å². The van der Waals surface area contributed by atoms with E-state index in [1.54, 1.807) is 7.11 Å². The third-order valence-corrected chi connectivity index (χ3v) is 6.23. The fraction of sp³-hybridized carbons (Fsp3) is 0.727. The number of pyridine rings is 1. The molecule has 4 nitrogen and oxygen atoms in total. The van der Waals surface area contributed by atoms with E-state index in [0.717, 1.165) is 32.5 Å². The quantitative estimate of drug-likeness (QED) is 0.759. The molecule has 0 spiro atoms. The number of ether oxygens (including phenoxy) is 1. The van der Waals surface area contributed by atoms with Crippen LogP contribution in [-0.4, -0.2) is 42.6 Å². The van der Waals surface area contributed by atoms with Gasteiger partial charge < -0.3 is 9.64 Å². The van der Waals surface area contributed by atoms with E-state index < -0.39 is 0 Å². The zero-order chi connectivity index (χ0) is 18.7. The van der Waals surface area contributed by atoms with Crippen LogP contribution < -0.4 is 0 Å². The number of hydrogen-bond donors (Lipinski definition) is 0. The van der Waals surface area contributed by atoms with Crippen LogP contribution in [0, 0.1) is 18.8 Å². The van der Waals surface area contributed by atoms with Gasteiger partial charge >= 0.3 is 0 Å². The molecular formula is C22H34N2O2. The molecule has 0 atom stereocenters. The van der Waals surface area contributed by atoms with Gasteiger partial charge in [0.25, 0.3) is 5.91 Å². The Labute approximate surface area is 158 Å². The van der Waals surface area contributed by atoms with Crippen molar-refractivity contribution in [1.29, 1.82) is 0 Å². The van der Waals surface area contributed by atoms with Crippen molar-refractivity contribution in [3.05, 3.63) is 29.1 Å². The summed E-state index contributed by atoms with van der Waals surface area (Å²) < 4.78 is 5.26. The fourth-order valence-corrected chi connectivity index (χ4v) is 4.81. The van der Waals surface area contributed by atoms with E-state index in [4.69, 9.17) is 9.72 Å². The molecule has 0 bridgehead atoms. The highest BCUT2D eigenvalue weighted by Gasteiger charge is 2.41. The molecule has 0 radical (unpaired) electrons. The van der Waals surface area contributed by atoms with Gasteiger partial charge in [0.1, 0.15) is 5.69 Å². The minimum absolute atomic E-state index is 0.0983. The summed E-state index contributed by atoms with van der Waals surface area (Å²) in [6, 6.07) is 4.03. The van der Waals surface area contributed by atoms with Crippen molar-refractivity contribution in [2.45, 2.75) is 64.7 Å². The summed E-state index contributed by atoms with van der Waals surface area (Å²) in [6.45, 7) is 9.15. The Hall–Kier alpha value is -1.42. The Morgan fingerprint density at radius 2 is 2.00 bits per heavy atom. The molecule has 2 heterocycles. The first-order valence-electron chi connectivity index (χ1n) is 10.2. The third kappa shape index (κ3) is 3.95. The van der Waals surface area contributed by atoms with Crippen LogP contribution in [-0.2, 0) is 10.2 Å². The molecule has 4 heteroatoms. The number of carbonyl (C=O) groups excluding carboxylic acids is 1. The van der Waals surface area contributed by atoms with Crippen LogP contribution >= 0.6 is 0 Å². The monoisotopic (exact) mass is 358 g/mol. The lowest BCUT2D eigenvalue weighted by atomic mass is 9.61. The topological polar surface area (TPSA) is 42.4 Å². The molecule has 1 aliphatic heterocycles. The van der Waals surface area contributed by atoms with Gasteiger partial charge in [-0.2, -0.15) is 0 Å². The Balaban J connectivity index is 1.76. The van der Waals surface area contributed by atoms with Crippen LogP contribution in [0.1, 0.15) is 74.1 Å². The summed E-state index contributed by atoms with van der Waals surface area (Å²) in [5.41, 5.74) is 3.24. The second-order valence-electron chi connectivity index (χ2n) is 8.78. The molecule has 1 saturated heterocycles. The molecular weight excluding hydrogens is 324 g/mol. The Morgan fingerprint density at radius 1 is 1.31 bits per heavy atom. The van der Waals surface area contributed by atoms with Gasteiger partial charge in [0.2, 0.25) is 0 Å². The molecule has 1 amide bonds. The number of aryl methyl sites for hydroxylation is 1. The first-order chi connectivity index (χ1) is 12.4. The first-order valence-corrected chi connectivity index (χ1v) is 10.2. The number of nitrogens with zero attached hydrogens (tertiary/aromatic N) is 2. The number of methoxy groups -OCH3 is 1. The predicted molar refractivity (Wildman–Crippen MR) is 104 cm³/mol. The summed E-state index contributed by atoms with van der Waals surface area (Å²) in [4.78, 5) is 19.9. The van der Waals surface area contributed by atoms with Crippen LogP contribution in [0.5, 0.6) is 0 Å². The van der Waals surface area contributed by atoms with E-state index in [9.17, 15) is 4.79 Å². The van der Waals surface area contributed by atoms with Crippen LogP contribution in [0.4, 0.5) is 0 Å². The number of hydrogen-bond acceptors (Lipinski definition) is 3.